The molecule has 1 fully saturated rings. The highest BCUT2D eigenvalue weighted by atomic mass is 35.5. The number of halogens is 3. The van der Waals surface area contributed by atoms with Gasteiger partial charge in [-0.1, -0.05) is 40.9 Å². The molecule has 1 aliphatic heterocycles. The first-order chi connectivity index (χ1) is 16.6. The van der Waals surface area contributed by atoms with E-state index in [-0.39, 0.29) is 52.6 Å². The van der Waals surface area contributed by atoms with E-state index in [1.807, 2.05) is 0 Å². The topological polar surface area (TPSA) is 133 Å². The van der Waals surface area contributed by atoms with E-state index in [1.54, 1.807) is 20.8 Å². The van der Waals surface area contributed by atoms with E-state index in [1.165, 1.54) is 35.2 Å². The van der Waals surface area contributed by atoms with Gasteiger partial charge in [-0.15, -0.1) is 0 Å². The average Bonchev–Trinajstić information content (AvgIpc) is 2.77. The molecule has 196 valence electrons. The summed E-state index contributed by atoms with van der Waals surface area (Å²) in [5, 5.41) is 10.9. The first-order valence-corrected chi connectivity index (χ1v) is 13.3. The highest BCUT2D eigenvalue weighted by Crippen LogP contribution is 2.45. The summed E-state index contributed by atoms with van der Waals surface area (Å²) in [7, 11) is -4.36. The summed E-state index contributed by atoms with van der Waals surface area (Å²) in [5.74, 6) is -0.799. The van der Waals surface area contributed by atoms with Gasteiger partial charge in [0, 0.05) is 26.2 Å². The molecule has 2 aromatic rings. The largest absolute Gasteiger partial charge is 0.504 e. The zero-order chi connectivity index (χ0) is 27.0. The lowest BCUT2D eigenvalue weighted by molar-refractivity contribution is 0.0192. The van der Waals surface area contributed by atoms with Crippen molar-refractivity contribution in [3.8, 4) is 5.75 Å². The van der Waals surface area contributed by atoms with Crippen molar-refractivity contribution in [3.05, 3.63) is 45.4 Å². The number of aromatic hydroxyl groups is 1. The number of piperazine rings is 1. The summed E-state index contributed by atoms with van der Waals surface area (Å²) in [6.07, 6.45) is -0.557. The molecule has 1 aliphatic rings. The van der Waals surface area contributed by atoms with Crippen molar-refractivity contribution in [2.45, 2.75) is 31.3 Å². The molecule has 10 nitrogen and oxygen atoms in total. The van der Waals surface area contributed by atoms with Crippen LogP contribution >= 0.6 is 34.8 Å². The number of carbonyl (C=O) groups is 2. The van der Waals surface area contributed by atoms with Gasteiger partial charge in [-0.25, -0.2) is 18.0 Å². The number of hydrogen-bond acceptors (Lipinski definition) is 6. The molecule has 1 heterocycles. The third-order valence-corrected chi connectivity index (χ3v) is 8.39. The smallest absolute Gasteiger partial charge is 0.410 e. The molecule has 3 amide bonds. The fraction of sp³-hybridized carbons (Fsp3) is 0.364. The highest BCUT2D eigenvalue weighted by molar-refractivity contribution is 7.89. The summed E-state index contributed by atoms with van der Waals surface area (Å²) in [6, 6.07) is 5.83. The molecule has 3 N–H and O–H groups in total. The number of phenolic OH excluding ortho intramolecular Hbond substituents is 1. The number of rotatable bonds is 4. The molecule has 0 aliphatic carbocycles. The molecule has 0 aromatic heterocycles. The lowest BCUT2D eigenvalue weighted by Crippen LogP contribution is -2.51. The minimum Gasteiger partial charge on any atom is -0.504 e. The quantitative estimate of drug-likeness (QED) is 0.534. The lowest BCUT2D eigenvalue weighted by Gasteiger charge is -2.35. The fourth-order valence-electron chi connectivity index (χ4n) is 3.56. The van der Waals surface area contributed by atoms with Crippen molar-refractivity contribution < 1.29 is 27.9 Å². The number of anilines is 2. The number of ether oxygens (including phenoxy) is 1. The molecular weight excluding hydrogens is 555 g/mol. The summed E-state index contributed by atoms with van der Waals surface area (Å²) < 4.78 is 33.4. The van der Waals surface area contributed by atoms with Crippen molar-refractivity contribution in [1.82, 2.24) is 9.21 Å². The number of carbonyl (C=O) groups excluding carboxylic acids is 2. The number of urea groups is 1. The van der Waals surface area contributed by atoms with Gasteiger partial charge in [-0.2, -0.15) is 4.31 Å². The zero-order valence-electron chi connectivity index (χ0n) is 19.7. The number of nitrogens with zero attached hydrogens (tertiary/aromatic N) is 3. The van der Waals surface area contributed by atoms with Gasteiger partial charge in [0.05, 0.1) is 26.4 Å². The van der Waals surface area contributed by atoms with Gasteiger partial charge >= 0.3 is 12.1 Å². The first kappa shape index (κ1) is 28.1. The molecule has 0 unspecified atom stereocenters. The minimum atomic E-state index is -4.36. The summed E-state index contributed by atoms with van der Waals surface area (Å²) in [6.45, 7) is 5.19. The van der Waals surface area contributed by atoms with Crippen LogP contribution in [0.1, 0.15) is 20.8 Å². The number of nitrogens with two attached hydrogens (primary N) is 1. The molecule has 0 spiro atoms. The monoisotopic (exact) mass is 578 g/mol. The summed E-state index contributed by atoms with van der Waals surface area (Å²) >= 11 is 18.5. The Kier molecular flexibility index (Phi) is 8.21. The van der Waals surface area contributed by atoms with Crippen molar-refractivity contribution >= 4 is 68.3 Å². The average molecular weight is 580 g/mol. The third kappa shape index (κ3) is 5.76. The first-order valence-electron chi connectivity index (χ1n) is 10.7. The van der Waals surface area contributed by atoms with Gasteiger partial charge in [-0.05, 0) is 45.0 Å². The molecule has 36 heavy (non-hydrogen) atoms. The van der Waals surface area contributed by atoms with E-state index in [2.05, 4.69) is 0 Å². The Morgan fingerprint density at radius 2 is 1.61 bits per heavy atom. The SMILES string of the molecule is CC(C)(C)OC(=O)N1CCN(S(=O)(=O)c2c(Cl)ccc(N(C(N)=O)c3cccc(Cl)c3Cl)c2O)CC1. The Morgan fingerprint density at radius 1 is 1.00 bits per heavy atom. The molecular formula is C22H25Cl3N4O6S. The second-order valence-corrected chi connectivity index (χ2v) is 11.9. The molecule has 0 saturated carbocycles. The number of amides is 3. The predicted molar refractivity (Wildman–Crippen MR) is 138 cm³/mol. The second-order valence-electron chi connectivity index (χ2n) is 8.86. The molecule has 14 heteroatoms. The normalized spacial score (nSPS) is 15.0. The fourth-order valence-corrected chi connectivity index (χ4v) is 5.95. The van der Waals surface area contributed by atoms with Gasteiger partial charge in [0.25, 0.3) is 0 Å². The molecule has 3 rings (SSSR count). The van der Waals surface area contributed by atoms with Crippen LogP contribution in [0, 0.1) is 0 Å². The van der Waals surface area contributed by atoms with Crippen LogP contribution in [0.3, 0.4) is 0 Å². The number of hydrogen-bond donors (Lipinski definition) is 2. The maximum Gasteiger partial charge on any atom is 0.410 e. The van der Waals surface area contributed by atoms with Crippen molar-refractivity contribution in [2.75, 3.05) is 31.1 Å². The van der Waals surface area contributed by atoms with Crippen LogP contribution < -0.4 is 10.6 Å². The summed E-state index contributed by atoms with van der Waals surface area (Å²) in [4.78, 5) is 26.3. The van der Waals surface area contributed by atoms with Gasteiger partial charge < -0.3 is 20.5 Å². The Labute approximate surface area is 224 Å². The van der Waals surface area contributed by atoms with Crippen LogP contribution in [0.4, 0.5) is 21.0 Å². The van der Waals surface area contributed by atoms with Crippen LogP contribution in [0.2, 0.25) is 15.1 Å². The van der Waals surface area contributed by atoms with E-state index >= 15 is 0 Å². The van der Waals surface area contributed by atoms with Crippen LogP contribution in [0.15, 0.2) is 35.2 Å². The number of sulfonamides is 1. The predicted octanol–water partition coefficient (Wildman–Crippen LogP) is 4.81. The maximum absolute atomic E-state index is 13.5. The van der Waals surface area contributed by atoms with E-state index in [0.29, 0.717) is 0 Å². The van der Waals surface area contributed by atoms with Crippen LogP contribution in [-0.2, 0) is 14.8 Å². The van der Waals surface area contributed by atoms with Gasteiger partial charge in [0.2, 0.25) is 10.0 Å². The van der Waals surface area contributed by atoms with Crippen molar-refractivity contribution in [2.24, 2.45) is 5.73 Å². The van der Waals surface area contributed by atoms with E-state index < -0.39 is 38.4 Å². The van der Waals surface area contributed by atoms with Crippen molar-refractivity contribution in [3.63, 3.8) is 0 Å². The lowest BCUT2D eigenvalue weighted by atomic mass is 10.2. The third-order valence-electron chi connectivity index (χ3n) is 5.18. The number of benzene rings is 2. The van der Waals surface area contributed by atoms with E-state index in [0.717, 1.165) is 9.21 Å². The van der Waals surface area contributed by atoms with Gasteiger partial charge in [-0.3, -0.25) is 4.90 Å². The number of phenols is 1. The summed E-state index contributed by atoms with van der Waals surface area (Å²) in [5.41, 5.74) is 4.62. The van der Waals surface area contributed by atoms with Crippen LogP contribution in [-0.4, -0.2) is 66.6 Å². The molecule has 2 aromatic carbocycles. The van der Waals surface area contributed by atoms with Gasteiger partial charge in [0.15, 0.2) is 5.75 Å². The Bertz CT molecular complexity index is 1290. The maximum atomic E-state index is 13.5. The zero-order valence-corrected chi connectivity index (χ0v) is 22.7. The van der Waals surface area contributed by atoms with E-state index in [9.17, 15) is 23.1 Å². The van der Waals surface area contributed by atoms with Crippen LogP contribution in [0.5, 0.6) is 5.75 Å². The van der Waals surface area contributed by atoms with Gasteiger partial charge in [0.1, 0.15) is 10.5 Å². The molecule has 0 bridgehead atoms. The van der Waals surface area contributed by atoms with E-state index in [4.69, 9.17) is 45.3 Å². The number of primary amides is 1. The second kappa shape index (κ2) is 10.5. The Hall–Kier alpha value is -2.44. The molecule has 0 atom stereocenters. The highest BCUT2D eigenvalue weighted by Gasteiger charge is 2.36. The van der Waals surface area contributed by atoms with Crippen molar-refractivity contribution in [1.29, 1.82) is 0 Å². The Morgan fingerprint density at radius 3 is 2.17 bits per heavy atom. The standard InChI is InChI=1S/C22H25Cl3N4O6S/c1-22(2,3)35-21(32)27-9-11-28(12-10-27)36(33,34)19-14(24)7-8-16(18(19)30)29(20(26)31)15-6-4-5-13(23)17(15)25/h4-8,30H,9-12H2,1-3H3,(H2,26,31). The molecule has 1 saturated heterocycles. The minimum absolute atomic E-state index is 0.0311. The van der Waals surface area contributed by atoms with Crippen LogP contribution in [0.25, 0.3) is 0 Å². The Balaban J connectivity index is 1.96. The molecule has 0 radical (unpaired) electrons.